The molecule has 4 rings (SSSR count). The van der Waals surface area contributed by atoms with Crippen LogP contribution in [0, 0.1) is 12.8 Å². The zero-order chi connectivity index (χ0) is 22.3. The minimum Gasteiger partial charge on any atom is -0.495 e. The van der Waals surface area contributed by atoms with Gasteiger partial charge in [0.05, 0.1) is 13.0 Å². The average molecular weight is 507 g/mol. The van der Waals surface area contributed by atoms with Crippen LogP contribution < -0.4 is 9.64 Å². The van der Waals surface area contributed by atoms with Crippen LogP contribution in [0.4, 0.5) is 5.69 Å². The van der Waals surface area contributed by atoms with E-state index in [2.05, 4.69) is 22.0 Å². The van der Waals surface area contributed by atoms with Crippen LogP contribution in [0.2, 0.25) is 0 Å². The third kappa shape index (κ3) is 4.13. The number of nitrogens with zero attached hydrogens (tertiary/aromatic N) is 2. The van der Waals surface area contributed by atoms with E-state index in [0.29, 0.717) is 25.1 Å². The molecule has 166 valence electrons. The second-order valence-corrected chi connectivity index (χ2v) is 11.2. The molecule has 1 amide bonds. The number of fused-ring (bicyclic) bond motifs is 1. The van der Waals surface area contributed by atoms with Gasteiger partial charge in [0.2, 0.25) is 15.9 Å². The molecule has 0 N–H and O–H groups in total. The Balaban J connectivity index is 1.60. The number of hydrogen-bond donors (Lipinski definition) is 0. The summed E-state index contributed by atoms with van der Waals surface area (Å²) in [6.07, 6.45) is 2.14. The largest absolute Gasteiger partial charge is 0.495 e. The van der Waals surface area contributed by atoms with Crippen molar-refractivity contribution in [1.29, 1.82) is 0 Å². The van der Waals surface area contributed by atoms with Crippen LogP contribution in [0.5, 0.6) is 5.75 Å². The highest BCUT2D eigenvalue weighted by molar-refractivity contribution is 9.10. The number of sulfonamides is 1. The van der Waals surface area contributed by atoms with E-state index >= 15 is 0 Å². The quantitative estimate of drug-likeness (QED) is 0.624. The van der Waals surface area contributed by atoms with Gasteiger partial charge in [0.25, 0.3) is 0 Å². The van der Waals surface area contributed by atoms with E-state index < -0.39 is 10.0 Å². The van der Waals surface area contributed by atoms with E-state index in [0.717, 1.165) is 27.7 Å². The molecule has 1 fully saturated rings. The molecule has 0 saturated carbocycles. The molecule has 0 radical (unpaired) electrons. The van der Waals surface area contributed by atoms with E-state index in [-0.39, 0.29) is 29.3 Å². The van der Waals surface area contributed by atoms with Crippen molar-refractivity contribution in [2.75, 3.05) is 25.1 Å². The molecule has 2 aliphatic heterocycles. The maximum absolute atomic E-state index is 13.5. The van der Waals surface area contributed by atoms with Crippen LogP contribution >= 0.6 is 15.9 Å². The Kier molecular flexibility index (Phi) is 6.16. The van der Waals surface area contributed by atoms with Gasteiger partial charge in [0.15, 0.2) is 0 Å². The van der Waals surface area contributed by atoms with Gasteiger partial charge in [0, 0.05) is 29.3 Å². The second kappa shape index (κ2) is 8.56. The van der Waals surface area contributed by atoms with Crippen molar-refractivity contribution in [2.45, 2.75) is 44.0 Å². The lowest BCUT2D eigenvalue weighted by Gasteiger charge is -2.35. The highest BCUT2D eigenvalue weighted by Gasteiger charge is 2.39. The number of amides is 1. The predicted octanol–water partition coefficient (Wildman–Crippen LogP) is 4.14. The molecule has 0 unspecified atom stereocenters. The van der Waals surface area contributed by atoms with Crippen LogP contribution in [-0.4, -0.2) is 44.9 Å². The molecule has 2 atom stereocenters. The van der Waals surface area contributed by atoms with E-state index in [1.807, 2.05) is 36.9 Å². The number of ether oxygens (including phenoxy) is 1. The number of methoxy groups -OCH3 is 1. The van der Waals surface area contributed by atoms with Crippen molar-refractivity contribution < 1.29 is 17.9 Å². The van der Waals surface area contributed by atoms with Gasteiger partial charge in [-0.25, -0.2) is 8.42 Å². The summed E-state index contributed by atoms with van der Waals surface area (Å²) in [6, 6.07) is 11.2. The molecule has 31 heavy (non-hydrogen) atoms. The minimum atomic E-state index is -3.77. The molecule has 0 bridgehead atoms. The van der Waals surface area contributed by atoms with Gasteiger partial charge in [-0.1, -0.05) is 22.0 Å². The standard InChI is InChI=1S/C23H27BrN2O4S/c1-15-6-9-21(30-3)22(11-15)31(28,29)25-10-4-5-17(14-25)23(27)26-16(2)12-18-13-19(24)7-8-20(18)26/h6-9,11,13,16-17H,4-5,10,12,14H2,1-3H3/t16-,17-/m1/s1. The van der Waals surface area contributed by atoms with Crippen molar-refractivity contribution >= 4 is 37.5 Å². The zero-order valence-electron chi connectivity index (χ0n) is 18.0. The number of halogens is 1. The average Bonchev–Trinajstić information content (AvgIpc) is 3.07. The van der Waals surface area contributed by atoms with Crippen molar-refractivity contribution in [1.82, 2.24) is 4.31 Å². The first-order chi connectivity index (χ1) is 14.7. The van der Waals surface area contributed by atoms with Crippen molar-refractivity contribution in [3.05, 3.63) is 52.0 Å². The molecule has 2 heterocycles. The summed E-state index contributed by atoms with van der Waals surface area (Å²) in [5.41, 5.74) is 2.92. The van der Waals surface area contributed by atoms with Gasteiger partial charge >= 0.3 is 0 Å². The van der Waals surface area contributed by atoms with Gasteiger partial charge in [-0.15, -0.1) is 0 Å². The van der Waals surface area contributed by atoms with Gasteiger partial charge in [-0.2, -0.15) is 4.31 Å². The molecule has 1 saturated heterocycles. The number of carbonyl (C=O) groups is 1. The molecular weight excluding hydrogens is 480 g/mol. The fraction of sp³-hybridized carbons (Fsp3) is 0.435. The van der Waals surface area contributed by atoms with Crippen molar-refractivity contribution in [2.24, 2.45) is 5.92 Å². The fourth-order valence-electron chi connectivity index (χ4n) is 4.62. The number of piperidine rings is 1. The lowest BCUT2D eigenvalue weighted by atomic mass is 9.97. The van der Waals surface area contributed by atoms with Gasteiger partial charge < -0.3 is 9.64 Å². The van der Waals surface area contributed by atoms with Gasteiger partial charge in [0.1, 0.15) is 10.6 Å². The van der Waals surface area contributed by atoms with Crippen LogP contribution in [0.25, 0.3) is 0 Å². The highest BCUT2D eigenvalue weighted by Crippen LogP contribution is 2.37. The van der Waals surface area contributed by atoms with Crippen LogP contribution in [-0.2, 0) is 21.2 Å². The summed E-state index contributed by atoms with van der Waals surface area (Å²) in [6.45, 7) is 4.49. The van der Waals surface area contributed by atoms with E-state index in [1.54, 1.807) is 12.1 Å². The summed E-state index contributed by atoms with van der Waals surface area (Å²) in [7, 11) is -2.30. The third-order valence-electron chi connectivity index (χ3n) is 6.16. The molecule has 6 nitrogen and oxygen atoms in total. The first kappa shape index (κ1) is 22.3. The van der Waals surface area contributed by atoms with Crippen LogP contribution in [0.3, 0.4) is 0 Å². The Labute approximate surface area is 192 Å². The molecule has 2 aliphatic rings. The lowest BCUT2D eigenvalue weighted by Crippen LogP contribution is -2.48. The monoisotopic (exact) mass is 506 g/mol. The fourth-order valence-corrected chi connectivity index (χ4v) is 6.79. The number of anilines is 1. The van der Waals surface area contributed by atoms with Crippen molar-refractivity contribution in [3.63, 3.8) is 0 Å². The molecular formula is C23H27BrN2O4S. The maximum atomic E-state index is 13.5. The van der Waals surface area contributed by atoms with Crippen LogP contribution in [0.1, 0.15) is 30.9 Å². The maximum Gasteiger partial charge on any atom is 0.246 e. The smallest absolute Gasteiger partial charge is 0.246 e. The number of hydrogen-bond acceptors (Lipinski definition) is 4. The Morgan fingerprint density at radius 3 is 2.71 bits per heavy atom. The Morgan fingerprint density at radius 1 is 1.19 bits per heavy atom. The van der Waals surface area contributed by atoms with Gasteiger partial charge in [-0.05, 0) is 74.6 Å². The summed E-state index contributed by atoms with van der Waals surface area (Å²) in [4.78, 5) is 15.5. The molecule has 0 aliphatic carbocycles. The summed E-state index contributed by atoms with van der Waals surface area (Å²) in [5, 5.41) is 0. The molecule has 2 aromatic rings. The molecule has 2 aromatic carbocycles. The summed E-state index contributed by atoms with van der Waals surface area (Å²) in [5.74, 6) is -0.0345. The lowest BCUT2D eigenvalue weighted by molar-refractivity contribution is -0.123. The first-order valence-electron chi connectivity index (χ1n) is 10.5. The van der Waals surface area contributed by atoms with E-state index in [9.17, 15) is 13.2 Å². The SMILES string of the molecule is COc1ccc(C)cc1S(=O)(=O)N1CCC[C@@H](C(=O)N2c3ccc(Br)cc3C[C@H]2C)C1. The van der Waals surface area contributed by atoms with Crippen molar-refractivity contribution in [3.8, 4) is 5.75 Å². The number of rotatable bonds is 4. The number of benzene rings is 2. The van der Waals surface area contributed by atoms with E-state index in [4.69, 9.17) is 4.74 Å². The predicted molar refractivity (Wildman–Crippen MR) is 124 cm³/mol. The third-order valence-corrected chi connectivity index (χ3v) is 8.54. The second-order valence-electron chi connectivity index (χ2n) is 8.39. The topological polar surface area (TPSA) is 66.9 Å². The normalized spacial score (nSPS) is 21.7. The molecule has 0 aromatic heterocycles. The van der Waals surface area contributed by atoms with Crippen LogP contribution in [0.15, 0.2) is 45.8 Å². The molecule has 8 heteroatoms. The van der Waals surface area contributed by atoms with Gasteiger partial charge in [-0.3, -0.25) is 4.79 Å². The Hall–Kier alpha value is -1.90. The number of aryl methyl sites for hydroxylation is 1. The minimum absolute atomic E-state index is 0.00433. The summed E-state index contributed by atoms with van der Waals surface area (Å²) < 4.78 is 34.6. The first-order valence-corrected chi connectivity index (χ1v) is 12.7. The summed E-state index contributed by atoms with van der Waals surface area (Å²) >= 11 is 3.50. The zero-order valence-corrected chi connectivity index (χ0v) is 20.4. The van der Waals surface area contributed by atoms with E-state index in [1.165, 1.54) is 11.4 Å². The Bertz CT molecular complexity index is 1120. The molecule has 0 spiro atoms. The number of carbonyl (C=O) groups excluding carboxylic acids is 1. The highest BCUT2D eigenvalue weighted by atomic mass is 79.9. The Morgan fingerprint density at radius 2 is 1.97 bits per heavy atom.